The Morgan fingerprint density at radius 2 is 1.14 bits per heavy atom. The van der Waals surface area contributed by atoms with E-state index in [0.29, 0.717) is 0 Å². The molecule has 2 heterocycles. The summed E-state index contributed by atoms with van der Waals surface area (Å²) in [5, 5.41) is 5.01. The van der Waals surface area contributed by atoms with Gasteiger partial charge < -0.3 is 4.57 Å². The zero-order valence-electron chi connectivity index (χ0n) is 19.4. The molecule has 0 spiro atoms. The van der Waals surface area contributed by atoms with E-state index in [1.807, 2.05) is 12.1 Å². The second-order valence-electron chi connectivity index (χ2n) is 9.01. The second kappa shape index (κ2) is 8.47. The highest BCUT2D eigenvalue weighted by Crippen LogP contribution is 2.39. The molecular weight excluding hydrogens is 504 g/mol. The maximum absolute atomic E-state index is 5.09. The highest BCUT2D eigenvalue weighted by molar-refractivity contribution is 9.10. The number of pyridine rings is 1. The molecule has 5 aromatic carbocycles. The van der Waals surface area contributed by atoms with Gasteiger partial charge in [-0.05, 0) is 47.2 Å². The zero-order chi connectivity index (χ0) is 24.1. The van der Waals surface area contributed by atoms with Crippen molar-refractivity contribution in [1.29, 1.82) is 0 Å². The van der Waals surface area contributed by atoms with Crippen LogP contribution in [0, 0.1) is 0 Å². The molecular formula is C33H21BrN2. The molecule has 170 valence electrons. The molecule has 2 nitrogen and oxygen atoms in total. The van der Waals surface area contributed by atoms with Crippen LogP contribution < -0.4 is 0 Å². The molecule has 0 aliphatic rings. The molecule has 0 unspecified atom stereocenters. The summed E-state index contributed by atoms with van der Waals surface area (Å²) in [6.45, 7) is 0. The number of aromatic nitrogens is 2. The first-order chi connectivity index (χ1) is 17.8. The van der Waals surface area contributed by atoms with Crippen LogP contribution in [-0.4, -0.2) is 9.55 Å². The van der Waals surface area contributed by atoms with E-state index in [0.717, 1.165) is 32.7 Å². The molecule has 0 saturated carbocycles. The van der Waals surface area contributed by atoms with Gasteiger partial charge in [-0.25, -0.2) is 4.98 Å². The number of rotatable bonds is 3. The average Bonchev–Trinajstić information content (AvgIpc) is 3.27. The van der Waals surface area contributed by atoms with Gasteiger partial charge in [0, 0.05) is 26.4 Å². The van der Waals surface area contributed by atoms with Crippen LogP contribution in [0.25, 0.3) is 60.8 Å². The van der Waals surface area contributed by atoms with E-state index in [2.05, 4.69) is 136 Å². The van der Waals surface area contributed by atoms with Gasteiger partial charge in [-0.2, -0.15) is 0 Å². The van der Waals surface area contributed by atoms with Crippen molar-refractivity contribution in [2.75, 3.05) is 0 Å². The molecule has 2 aromatic heterocycles. The van der Waals surface area contributed by atoms with E-state index in [4.69, 9.17) is 4.98 Å². The second-order valence-corrected chi connectivity index (χ2v) is 9.92. The van der Waals surface area contributed by atoms with Gasteiger partial charge in [-0.1, -0.05) is 107 Å². The summed E-state index contributed by atoms with van der Waals surface area (Å²) in [4.78, 5) is 5.09. The van der Waals surface area contributed by atoms with Gasteiger partial charge in [0.15, 0.2) is 0 Å². The Morgan fingerprint density at radius 1 is 0.528 bits per heavy atom. The van der Waals surface area contributed by atoms with Crippen molar-refractivity contribution in [1.82, 2.24) is 9.55 Å². The molecule has 0 radical (unpaired) electrons. The summed E-state index contributed by atoms with van der Waals surface area (Å²) < 4.78 is 3.45. The molecule has 0 saturated heterocycles. The van der Waals surface area contributed by atoms with Crippen molar-refractivity contribution in [2.24, 2.45) is 0 Å². The molecule has 36 heavy (non-hydrogen) atoms. The summed E-state index contributed by atoms with van der Waals surface area (Å²) in [7, 11) is 0. The number of benzene rings is 5. The van der Waals surface area contributed by atoms with Crippen molar-refractivity contribution in [3.63, 3.8) is 0 Å². The minimum absolute atomic E-state index is 0.958. The fourth-order valence-corrected chi connectivity index (χ4v) is 5.56. The molecule has 0 fully saturated rings. The summed E-state index contributed by atoms with van der Waals surface area (Å²) >= 11 is 3.71. The van der Waals surface area contributed by atoms with Crippen LogP contribution in [0.1, 0.15) is 0 Å². The van der Waals surface area contributed by atoms with Crippen molar-refractivity contribution >= 4 is 48.5 Å². The minimum Gasteiger partial charge on any atom is -0.309 e. The third-order valence-electron chi connectivity index (χ3n) is 6.82. The number of fused-ring (bicyclic) bond motifs is 5. The molecule has 3 heteroatoms. The number of hydrogen-bond acceptors (Lipinski definition) is 1. The van der Waals surface area contributed by atoms with E-state index in [9.17, 15) is 0 Å². The topological polar surface area (TPSA) is 17.8 Å². The summed E-state index contributed by atoms with van der Waals surface area (Å²) in [5.41, 5.74) is 7.58. The van der Waals surface area contributed by atoms with Gasteiger partial charge in [0.05, 0.1) is 28.1 Å². The first-order valence-electron chi connectivity index (χ1n) is 12.0. The third-order valence-corrected chi connectivity index (χ3v) is 7.32. The van der Waals surface area contributed by atoms with Crippen LogP contribution in [-0.2, 0) is 0 Å². The minimum atomic E-state index is 0.958. The Kier molecular flexibility index (Phi) is 4.97. The highest BCUT2D eigenvalue weighted by Gasteiger charge is 2.17. The smallest absolute Gasteiger partial charge is 0.0730 e. The SMILES string of the molecule is Brc1ccc2c(c1)c1c3ccccc3ccc1n2-c1cc(-c2ccccc2)nc(-c2ccccc2)c1. The molecule has 0 N–H and O–H groups in total. The van der Waals surface area contributed by atoms with E-state index in [-0.39, 0.29) is 0 Å². The standard InChI is InChI=1S/C33H21BrN2/c34-25-16-18-31-28(19-25)33-27-14-8-7-9-22(27)15-17-32(33)36(31)26-20-29(23-10-3-1-4-11-23)35-30(21-26)24-12-5-2-6-13-24/h1-21H. The Labute approximate surface area is 217 Å². The summed E-state index contributed by atoms with van der Waals surface area (Å²) in [6, 6.07) is 44.9. The van der Waals surface area contributed by atoms with Crippen LogP contribution in [0.4, 0.5) is 0 Å². The molecule has 0 aliphatic carbocycles. The first-order valence-corrected chi connectivity index (χ1v) is 12.8. The van der Waals surface area contributed by atoms with Gasteiger partial charge in [-0.15, -0.1) is 0 Å². The molecule has 0 amide bonds. The first kappa shape index (κ1) is 21.1. The predicted molar refractivity (Wildman–Crippen MR) is 155 cm³/mol. The fourth-order valence-electron chi connectivity index (χ4n) is 5.20. The number of halogens is 1. The number of nitrogens with zero attached hydrogens (tertiary/aromatic N) is 2. The van der Waals surface area contributed by atoms with Gasteiger partial charge in [0.1, 0.15) is 0 Å². The van der Waals surface area contributed by atoms with Crippen LogP contribution in [0.3, 0.4) is 0 Å². The van der Waals surface area contributed by atoms with E-state index >= 15 is 0 Å². The van der Waals surface area contributed by atoms with Crippen LogP contribution >= 0.6 is 15.9 Å². The zero-order valence-corrected chi connectivity index (χ0v) is 21.0. The predicted octanol–water partition coefficient (Wildman–Crippen LogP) is 9.43. The van der Waals surface area contributed by atoms with Gasteiger partial charge >= 0.3 is 0 Å². The largest absolute Gasteiger partial charge is 0.309 e. The highest BCUT2D eigenvalue weighted by atomic mass is 79.9. The normalized spacial score (nSPS) is 11.5. The molecule has 7 rings (SSSR count). The van der Waals surface area contributed by atoms with Crippen molar-refractivity contribution in [2.45, 2.75) is 0 Å². The van der Waals surface area contributed by atoms with Gasteiger partial charge in [0.2, 0.25) is 0 Å². The Hall–Kier alpha value is -4.21. The maximum Gasteiger partial charge on any atom is 0.0730 e. The third kappa shape index (κ3) is 3.43. The Bertz CT molecular complexity index is 1830. The van der Waals surface area contributed by atoms with Crippen molar-refractivity contribution in [3.05, 3.63) is 132 Å². The number of hydrogen-bond donors (Lipinski definition) is 0. The van der Waals surface area contributed by atoms with Gasteiger partial charge in [0.25, 0.3) is 0 Å². The fraction of sp³-hybridized carbons (Fsp3) is 0. The quantitative estimate of drug-likeness (QED) is 0.225. The molecule has 0 aliphatic heterocycles. The van der Waals surface area contributed by atoms with Crippen LogP contribution in [0.15, 0.2) is 132 Å². The van der Waals surface area contributed by atoms with E-state index in [1.165, 1.54) is 32.6 Å². The Balaban J connectivity index is 1.60. The van der Waals surface area contributed by atoms with Crippen LogP contribution in [0.5, 0.6) is 0 Å². The van der Waals surface area contributed by atoms with E-state index < -0.39 is 0 Å². The average molecular weight is 525 g/mol. The summed E-state index contributed by atoms with van der Waals surface area (Å²) in [5.74, 6) is 0. The lowest BCUT2D eigenvalue weighted by Crippen LogP contribution is -1.98. The van der Waals surface area contributed by atoms with Crippen LogP contribution in [0.2, 0.25) is 0 Å². The lowest BCUT2D eigenvalue weighted by Gasteiger charge is -2.13. The van der Waals surface area contributed by atoms with Crippen molar-refractivity contribution < 1.29 is 0 Å². The molecule has 0 bridgehead atoms. The maximum atomic E-state index is 5.09. The monoisotopic (exact) mass is 524 g/mol. The Morgan fingerprint density at radius 3 is 1.83 bits per heavy atom. The lowest BCUT2D eigenvalue weighted by atomic mass is 10.0. The summed E-state index contributed by atoms with van der Waals surface area (Å²) in [6.07, 6.45) is 0. The van der Waals surface area contributed by atoms with E-state index in [1.54, 1.807) is 0 Å². The molecule has 7 aromatic rings. The van der Waals surface area contributed by atoms with Crippen molar-refractivity contribution in [3.8, 4) is 28.2 Å². The van der Waals surface area contributed by atoms with Gasteiger partial charge in [-0.3, -0.25) is 0 Å². The lowest BCUT2D eigenvalue weighted by molar-refractivity contribution is 1.16. The molecule has 0 atom stereocenters.